The number of para-hydroxylation sites is 1. The number of carbonyl (C=O) groups excluding carboxylic acids is 1. The number of aliphatic hydroxyl groups is 1. The van der Waals surface area contributed by atoms with Crippen molar-refractivity contribution in [3.8, 4) is 5.75 Å². The summed E-state index contributed by atoms with van der Waals surface area (Å²) < 4.78 is 5.46. The number of hydrogen-bond acceptors (Lipinski definition) is 3. The molecule has 1 fully saturated rings. The summed E-state index contributed by atoms with van der Waals surface area (Å²) in [5, 5.41) is 11.0. The van der Waals surface area contributed by atoms with Gasteiger partial charge in [-0.05, 0) is 29.2 Å². The second-order valence-electron chi connectivity index (χ2n) is 7.13. The lowest BCUT2D eigenvalue weighted by Crippen LogP contribution is -2.49. The van der Waals surface area contributed by atoms with Crippen LogP contribution in [0.2, 0.25) is 0 Å². The lowest BCUT2D eigenvalue weighted by molar-refractivity contribution is -0.149. The van der Waals surface area contributed by atoms with Gasteiger partial charge in [0.05, 0.1) is 7.11 Å². The number of ether oxygens (including phenoxy) is 1. The van der Waals surface area contributed by atoms with Gasteiger partial charge < -0.3 is 14.7 Å². The van der Waals surface area contributed by atoms with Gasteiger partial charge in [0.2, 0.25) is 0 Å². The van der Waals surface area contributed by atoms with E-state index >= 15 is 0 Å². The first-order valence-electron chi connectivity index (χ1n) is 8.82. The molecule has 1 saturated heterocycles. The Morgan fingerprint density at radius 3 is 2.44 bits per heavy atom. The summed E-state index contributed by atoms with van der Waals surface area (Å²) in [5.74, 6) is 0.988. The number of nitrogens with zero attached hydrogens (tertiary/aromatic N) is 1. The van der Waals surface area contributed by atoms with Gasteiger partial charge in [0.15, 0.2) is 5.60 Å². The van der Waals surface area contributed by atoms with Gasteiger partial charge in [-0.1, -0.05) is 42.5 Å². The zero-order valence-electron chi connectivity index (χ0n) is 14.4. The molecule has 0 saturated carbocycles. The van der Waals surface area contributed by atoms with Gasteiger partial charge in [-0.2, -0.15) is 0 Å². The molecule has 1 N–H and O–H groups in total. The molecule has 1 heterocycles. The highest BCUT2D eigenvalue weighted by Crippen LogP contribution is 2.37. The fourth-order valence-corrected chi connectivity index (χ4v) is 4.24. The van der Waals surface area contributed by atoms with Crippen LogP contribution in [0, 0.1) is 0 Å². The second kappa shape index (κ2) is 6.19. The number of carbonyl (C=O) groups is 1. The Balaban J connectivity index is 1.50. The van der Waals surface area contributed by atoms with Gasteiger partial charge in [0.25, 0.3) is 5.91 Å². The largest absolute Gasteiger partial charge is 0.496 e. The van der Waals surface area contributed by atoms with Crippen LogP contribution in [0.4, 0.5) is 0 Å². The maximum atomic E-state index is 13.0. The summed E-state index contributed by atoms with van der Waals surface area (Å²) in [4.78, 5) is 14.8. The van der Waals surface area contributed by atoms with Crippen molar-refractivity contribution in [3.63, 3.8) is 0 Å². The van der Waals surface area contributed by atoms with Gasteiger partial charge >= 0.3 is 0 Å². The lowest BCUT2D eigenvalue weighted by atomic mass is 9.97. The van der Waals surface area contributed by atoms with Crippen LogP contribution >= 0.6 is 0 Å². The molecule has 1 atom stereocenters. The summed E-state index contributed by atoms with van der Waals surface area (Å²) in [6.07, 6.45) is 1.73. The van der Waals surface area contributed by atoms with Crippen molar-refractivity contribution < 1.29 is 14.6 Å². The van der Waals surface area contributed by atoms with E-state index in [2.05, 4.69) is 6.07 Å². The molecule has 4 rings (SSSR count). The van der Waals surface area contributed by atoms with E-state index in [1.165, 1.54) is 0 Å². The normalized spacial score (nSPS) is 21.2. The third-order valence-corrected chi connectivity index (χ3v) is 5.54. The number of amides is 1. The Kier molecular flexibility index (Phi) is 4.00. The molecule has 2 aromatic rings. The Morgan fingerprint density at radius 1 is 1.12 bits per heavy atom. The van der Waals surface area contributed by atoms with Crippen LogP contribution in [0.25, 0.3) is 0 Å². The highest BCUT2D eigenvalue weighted by atomic mass is 16.5. The molecule has 0 spiro atoms. The SMILES string of the molecule is COc1ccccc1C1CCN(C(=O)C2(O)Cc3ccccc3C2)C1. The second-order valence-corrected chi connectivity index (χ2v) is 7.13. The minimum atomic E-state index is -1.29. The topological polar surface area (TPSA) is 49.8 Å². The van der Waals surface area contributed by atoms with Crippen molar-refractivity contribution in [2.24, 2.45) is 0 Å². The van der Waals surface area contributed by atoms with Crippen LogP contribution in [0.1, 0.15) is 29.0 Å². The number of fused-ring (bicyclic) bond motifs is 1. The molecule has 4 nitrogen and oxygen atoms in total. The van der Waals surface area contributed by atoms with Gasteiger partial charge in [0.1, 0.15) is 5.75 Å². The molecule has 0 bridgehead atoms. The van der Waals surface area contributed by atoms with Crippen LogP contribution in [0.3, 0.4) is 0 Å². The molecule has 1 aliphatic heterocycles. The Labute approximate surface area is 148 Å². The van der Waals surface area contributed by atoms with Crippen LogP contribution in [0.15, 0.2) is 48.5 Å². The summed E-state index contributed by atoms with van der Waals surface area (Å²) in [6.45, 7) is 1.32. The number of hydrogen-bond donors (Lipinski definition) is 1. The quantitative estimate of drug-likeness (QED) is 0.936. The molecule has 0 radical (unpaired) electrons. The van der Waals surface area contributed by atoms with Crippen LogP contribution in [-0.2, 0) is 17.6 Å². The average molecular weight is 337 g/mol. The van der Waals surface area contributed by atoms with E-state index in [1.807, 2.05) is 47.4 Å². The van der Waals surface area contributed by atoms with Gasteiger partial charge in [-0.3, -0.25) is 4.79 Å². The van der Waals surface area contributed by atoms with Crippen molar-refractivity contribution in [2.45, 2.75) is 30.8 Å². The van der Waals surface area contributed by atoms with Crippen LogP contribution in [-0.4, -0.2) is 41.7 Å². The molecule has 2 aromatic carbocycles. The van der Waals surface area contributed by atoms with Crippen LogP contribution in [0.5, 0.6) is 5.75 Å². The first kappa shape index (κ1) is 16.2. The van der Waals surface area contributed by atoms with Gasteiger partial charge in [-0.25, -0.2) is 0 Å². The number of methoxy groups -OCH3 is 1. The van der Waals surface area contributed by atoms with E-state index in [9.17, 15) is 9.90 Å². The van der Waals surface area contributed by atoms with Gasteiger partial charge in [0, 0.05) is 31.8 Å². The highest BCUT2D eigenvalue weighted by molar-refractivity contribution is 5.87. The number of rotatable bonds is 3. The lowest BCUT2D eigenvalue weighted by Gasteiger charge is -2.27. The molecule has 2 aliphatic rings. The summed E-state index contributed by atoms with van der Waals surface area (Å²) >= 11 is 0. The Hall–Kier alpha value is -2.33. The maximum Gasteiger partial charge on any atom is 0.255 e. The predicted molar refractivity (Wildman–Crippen MR) is 95.7 cm³/mol. The van der Waals surface area contributed by atoms with Crippen molar-refractivity contribution in [1.82, 2.24) is 4.90 Å². The third kappa shape index (κ3) is 2.81. The molecule has 4 heteroatoms. The zero-order chi connectivity index (χ0) is 17.4. The zero-order valence-corrected chi connectivity index (χ0v) is 14.4. The molecular formula is C21H23NO3. The number of benzene rings is 2. The van der Waals surface area contributed by atoms with Gasteiger partial charge in [-0.15, -0.1) is 0 Å². The monoisotopic (exact) mass is 337 g/mol. The average Bonchev–Trinajstić information content (AvgIpc) is 3.25. The van der Waals surface area contributed by atoms with E-state index in [4.69, 9.17) is 4.74 Å². The summed E-state index contributed by atoms with van der Waals surface area (Å²) in [7, 11) is 1.68. The number of likely N-dealkylation sites (tertiary alicyclic amines) is 1. The van der Waals surface area contributed by atoms with Crippen molar-refractivity contribution in [2.75, 3.05) is 20.2 Å². The fraction of sp³-hybridized carbons (Fsp3) is 0.381. The molecular weight excluding hydrogens is 314 g/mol. The molecule has 25 heavy (non-hydrogen) atoms. The molecule has 1 amide bonds. The van der Waals surface area contributed by atoms with E-state index in [0.29, 0.717) is 25.9 Å². The van der Waals surface area contributed by atoms with E-state index in [0.717, 1.165) is 28.9 Å². The minimum Gasteiger partial charge on any atom is -0.496 e. The van der Waals surface area contributed by atoms with Crippen molar-refractivity contribution in [1.29, 1.82) is 0 Å². The van der Waals surface area contributed by atoms with E-state index in [1.54, 1.807) is 7.11 Å². The Morgan fingerprint density at radius 2 is 1.76 bits per heavy atom. The standard InChI is InChI=1S/C21H23NO3/c1-25-19-9-5-4-8-18(19)17-10-11-22(14-17)20(23)21(24)12-15-6-2-3-7-16(15)13-21/h2-9,17,24H,10-14H2,1H3. The maximum absolute atomic E-state index is 13.0. The molecule has 130 valence electrons. The van der Waals surface area contributed by atoms with E-state index in [-0.39, 0.29) is 11.8 Å². The van der Waals surface area contributed by atoms with Crippen LogP contribution < -0.4 is 4.74 Å². The van der Waals surface area contributed by atoms with Crippen molar-refractivity contribution in [3.05, 3.63) is 65.2 Å². The Bertz CT molecular complexity index is 776. The predicted octanol–water partition coefficient (Wildman–Crippen LogP) is 2.54. The van der Waals surface area contributed by atoms with Crippen molar-refractivity contribution >= 4 is 5.91 Å². The molecule has 0 aromatic heterocycles. The first-order chi connectivity index (χ1) is 12.1. The molecule has 1 aliphatic carbocycles. The van der Waals surface area contributed by atoms with E-state index < -0.39 is 5.60 Å². The third-order valence-electron chi connectivity index (χ3n) is 5.54. The molecule has 1 unspecified atom stereocenters. The summed E-state index contributed by atoms with van der Waals surface area (Å²) in [6, 6.07) is 15.9. The minimum absolute atomic E-state index is 0.138. The smallest absolute Gasteiger partial charge is 0.255 e. The first-order valence-corrected chi connectivity index (χ1v) is 8.82. The fourth-order valence-electron chi connectivity index (χ4n) is 4.24. The highest BCUT2D eigenvalue weighted by Gasteiger charge is 2.45. The summed E-state index contributed by atoms with van der Waals surface area (Å²) in [5.41, 5.74) is 2.01.